The van der Waals surface area contributed by atoms with Gasteiger partial charge in [0.1, 0.15) is 22.2 Å². The second-order valence-electron chi connectivity index (χ2n) is 8.81. The van der Waals surface area contributed by atoms with Gasteiger partial charge in [0.2, 0.25) is 10.0 Å². The summed E-state index contributed by atoms with van der Waals surface area (Å²) in [7, 11) is -2.31. The standard InChI is InChI=1S/C26H28N4O5S/c1-19-13-20(2)15-23(14-19)35-24-7-6-21(17-27)16-25(24)36(32,33)30-10-8-29(9-11-30)26(31)28(3)18-22-5-4-12-34-22/h4-7,12-16H,8-11,18H2,1-3H3. The molecule has 1 aliphatic heterocycles. The van der Waals surface area contributed by atoms with Crippen LogP contribution in [0.2, 0.25) is 0 Å². The van der Waals surface area contributed by atoms with Gasteiger partial charge in [0.05, 0.1) is 24.4 Å². The Hall–Kier alpha value is -3.81. The van der Waals surface area contributed by atoms with Crippen LogP contribution in [0.4, 0.5) is 4.79 Å². The number of furan rings is 1. The van der Waals surface area contributed by atoms with Crippen molar-refractivity contribution in [3.63, 3.8) is 0 Å². The zero-order valence-electron chi connectivity index (χ0n) is 20.5. The lowest BCUT2D eigenvalue weighted by Gasteiger charge is -2.36. The second kappa shape index (κ2) is 10.4. The van der Waals surface area contributed by atoms with E-state index in [1.165, 1.54) is 27.4 Å². The van der Waals surface area contributed by atoms with E-state index in [0.717, 1.165) is 11.1 Å². The lowest BCUT2D eigenvalue weighted by molar-refractivity contribution is 0.138. The summed E-state index contributed by atoms with van der Waals surface area (Å²) in [5.41, 5.74) is 2.19. The fraction of sp³-hybridized carbons (Fsp3) is 0.308. The molecule has 1 aliphatic rings. The number of nitriles is 1. The van der Waals surface area contributed by atoms with Gasteiger partial charge >= 0.3 is 6.03 Å². The third-order valence-corrected chi connectivity index (χ3v) is 7.84. The van der Waals surface area contributed by atoms with Crippen molar-refractivity contribution >= 4 is 16.1 Å². The number of hydrogen-bond donors (Lipinski definition) is 0. The van der Waals surface area contributed by atoms with Crippen LogP contribution in [0.15, 0.2) is 64.1 Å². The van der Waals surface area contributed by atoms with Crippen molar-refractivity contribution in [3.05, 3.63) is 77.2 Å². The van der Waals surface area contributed by atoms with E-state index in [1.807, 2.05) is 38.1 Å². The number of carbonyl (C=O) groups is 1. The van der Waals surface area contributed by atoms with Gasteiger partial charge in [0, 0.05) is 33.2 Å². The molecule has 0 saturated carbocycles. The van der Waals surface area contributed by atoms with Crippen LogP contribution in [0.1, 0.15) is 22.5 Å². The summed E-state index contributed by atoms with van der Waals surface area (Å²) in [6, 6.07) is 15.4. The lowest BCUT2D eigenvalue weighted by Crippen LogP contribution is -2.53. The van der Waals surface area contributed by atoms with Gasteiger partial charge in [-0.25, -0.2) is 13.2 Å². The van der Waals surface area contributed by atoms with E-state index in [1.54, 1.807) is 30.3 Å². The number of rotatable bonds is 6. The van der Waals surface area contributed by atoms with Gasteiger partial charge in [-0.3, -0.25) is 0 Å². The first kappa shape index (κ1) is 25.3. The highest BCUT2D eigenvalue weighted by Crippen LogP contribution is 2.33. The van der Waals surface area contributed by atoms with Crippen LogP contribution < -0.4 is 4.74 Å². The third kappa shape index (κ3) is 5.53. The predicted octanol–water partition coefficient (Wildman–Crippen LogP) is 4.12. The highest BCUT2D eigenvalue weighted by Gasteiger charge is 2.33. The SMILES string of the molecule is Cc1cc(C)cc(Oc2ccc(C#N)cc2S(=O)(=O)N2CCN(C(=O)N(C)Cc3ccco3)CC2)c1. The summed E-state index contributed by atoms with van der Waals surface area (Å²) < 4.78 is 39.9. The van der Waals surface area contributed by atoms with E-state index >= 15 is 0 Å². The van der Waals surface area contributed by atoms with Gasteiger partial charge in [0.15, 0.2) is 0 Å². The van der Waals surface area contributed by atoms with E-state index in [0.29, 0.717) is 18.1 Å². The van der Waals surface area contributed by atoms with Crippen LogP contribution >= 0.6 is 0 Å². The maximum atomic E-state index is 13.6. The Kier molecular flexibility index (Phi) is 7.33. The first-order valence-electron chi connectivity index (χ1n) is 11.5. The number of aryl methyl sites for hydroxylation is 2. The van der Waals surface area contributed by atoms with Gasteiger partial charge in [-0.2, -0.15) is 9.57 Å². The quantitative estimate of drug-likeness (QED) is 0.496. The highest BCUT2D eigenvalue weighted by atomic mass is 32.2. The predicted molar refractivity (Wildman–Crippen MR) is 133 cm³/mol. The molecule has 0 unspecified atom stereocenters. The zero-order chi connectivity index (χ0) is 25.9. The normalized spacial score (nSPS) is 14.3. The molecule has 3 aromatic rings. The number of ether oxygens (including phenoxy) is 1. The smallest absolute Gasteiger partial charge is 0.320 e. The molecular weight excluding hydrogens is 480 g/mol. The molecule has 0 radical (unpaired) electrons. The minimum absolute atomic E-state index is 0.0737. The van der Waals surface area contributed by atoms with Gasteiger partial charge < -0.3 is 19.0 Å². The first-order chi connectivity index (χ1) is 17.2. The number of sulfonamides is 1. The largest absolute Gasteiger partial charge is 0.467 e. The highest BCUT2D eigenvalue weighted by molar-refractivity contribution is 7.89. The van der Waals surface area contributed by atoms with Crippen molar-refractivity contribution < 1.29 is 22.4 Å². The van der Waals surface area contributed by atoms with Crippen molar-refractivity contribution in [2.75, 3.05) is 33.2 Å². The van der Waals surface area contributed by atoms with Gasteiger partial charge in [0.25, 0.3) is 0 Å². The van der Waals surface area contributed by atoms with Crippen molar-refractivity contribution in [2.24, 2.45) is 0 Å². The molecular formula is C26H28N4O5S. The van der Waals surface area contributed by atoms with Crippen molar-refractivity contribution in [3.8, 4) is 17.6 Å². The topological polar surface area (TPSA) is 107 Å². The van der Waals surface area contributed by atoms with Crippen LogP contribution in [-0.2, 0) is 16.6 Å². The molecule has 188 valence electrons. The molecule has 0 bridgehead atoms. The molecule has 0 atom stereocenters. The van der Waals surface area contributed by atoms with Crippen LogP contribution in [0.25, 0.3) is 0 Å². The summed E-state index contributed by atoms with van der Waals surface area (Å²) >= 11 is 0. The van der Waals surface area contributed by atoms with Crippen molar-refractivity contribution in [2.45, 2.75) is 25.3 Å². The molecule has 2 aromatic carbocycles. The Morgan fingerprint density at radius 3 is 2.39 bits per heavy atom. The average Bonchev–Trinajstić information content (AvgIpc) is 3.36. The number of nitrogens with zero attached hydrogens (tertiary/aromatic N) is 4. The lowest BCUT2D eigenvalue weighted by atomic mass is 10.1. The van der Waals surface area contributed by atoms with Gasteiger partial charge in [-0.1, -0.05) is 6.07 Å². The fourth-order valence-electron chi connectivity index (χ4n) is 4.19. The Bertz CT molecular complexity index is 1370. The molecule has 36 heavy (non-hydrogen) atoms. The Morgan fingerprint density at radius 1 is 1.08 bits per heavy atom. The van der Waals surface area contributed by atoms with Crippen LogP contribution in [0, 0.1) is 25.2 Å². The van der Waals surface area contributed by atoms with Crippen LogP contribution in [-0.4, -0.2) is 61.8 Å². The number of hydrogen-bond acceptors (Lipinski definition) is 6. The van der Waals surface area contributed by atoms with Crippen LogP contribution in [0.3, 0.4) is 0 Å². The molecule has 0 spiro atoms. The van der Waals surface area contributed by atoms with E-state index < -0.39 is 10.0 Å². The van der Waals surface area contributed by atoms with Crippen molar-refractivity contribution in [1.82, 2.24) is 14.1 Å². The zero-order valence-corrected chi connectivity index (χ0v) is 21.3. The number of piperazine rings is 1. The minimum Gasteiger partial charge on any atom is -0.467 e. The Morgan fingerprint density at radius 2 is 1.78 bits per heavy atom. The molecule has 0 N–H and O–H groups in total. The van der Waals surface area contributed by atoms with E-state index in [2.05, 4.69) is 0 Å². The van der Waals surface area contributed by atoms with E-state index in [9.17, 15) is 18.5 Å². The number of carbonyl (C=O) groups excluding carboxylic acids is 1. The maximum Gasteiger partial charge on any atom is 0.320 e. The van der Waals surface area contributed by atoms with Gasteiger partial charge in [-0.05, 0) is 67.4 Å². The summed E-state index contributed by atoms with van der Waals surface area (Å²) in [6.07, 6.45) is 1.55. The fourth-order valence-corrected chi connectivity index (χ4v) is 5.75. The summed E-state index contributed by atoms with van der Waals surface area (Å²) in [5.74, 6) is 1.33. The summed E-state index contributed by atoms with van der Waals surface area (Å²) in [5, 5.41) is 9.38. The number of urea groups is 1. The molecule has 1 fully saturated rings. The van der Waals surface area contributed by atoms with E-state index in [-0.39, 0.29) is 48.4 Å². The average molecular weight is 509 g/mol. The summed E-state index contributed by atoms with van der Waals surface area (Å²) in [4.78, 5) is 15.9. The molecule has 4 rings (SSSR count). The molecule has 1 aromatic heterocycles. The molecule has 2 heterocycles. The monoisotopic (exact) mass is 508 g/mol. The second-order valence-corrected chi connectivity index (χ2v) is 10.7. The van der Waals surface area contributed by atoms with Crippen LogP contribution in [0.5, 0.6) is 11.5 Å². The Labute approximate surface area is 211 Å². The molecule has 10 heteroatoms. The number of benzene rings is 2. The molecule has 0 aliphatic carbocycles. The minimum atomic E-state index is -3.99. The Balaban J connectivity index is 1.51. The summed E-state index contributed by atoms with van der Waals surface area (Å²) in [6.45, 7) is 4.93. The third-order valence-electron chi connectivity index (χ3n) is 5.92. The van der Waals surface area contributed by atoms with E-state index in [4.69, 9.17) is 9.15 Å². The van der Waals surface area contributed by atoms with Gasteiger partial charge in [-0.15, -0.1) is 0 Å². The van der Waals surface area contributed by atoms with Crippen molar-refractivity contribution in [1.29, 1.82) is 5.26 Å². The number of amides is 2. The molecule has 2 amide bonds. The molecule has 1 saturated heterocycles. The maximum absolute atomic E-state index is 13.6. The first-order valence-corrected chi connectivity index (χ1v) is 12.9. The molecule has 9 nitrogen and oxygen atoms in total.